The zero-order chi connectivity index (χ0) is 9.26. The molecule has 1 N–H and O–H groups in total. The average Bonchev–Trinajstić information content (AvgIpc) is 2.05. The summed E-state index contributed by atoms with van der Waals surface area (Å²) in [5.41, 5.74) is 1.37. The number of nitrogens with zero attached hydrogens (tertiary/aromatic N) is 1. The second-order valence-corrected chi connectivity index (χ2v) is 3.43. The fourth-order valence-corrected chi connectivity index (χ4v) is 1.54. The van der Waals surface area contributed by atoms with Crippen molar-refractivity contribution < 1.29 is 9.90 Å². The van der Waals surface area contributed by atoms with E-state index in [0.29, 0.717) is 17.8 Å². The van der Waals surface area contributed by atoms with E-state index in [1.807, 2.05) is 0 Å². The lowest BCUT2D eigenvalue weighted by Gasteiger charge is -2.25. The van der Waals surface area contributed by atoms with E-state index < -0.39 is 0 Å². The topological polar surface area (TPSA) is 50.2 Å². The van der Waals surface area contributed by atoms with Crippen LogP contribution in [0.15, 0.2) is 12.3 Å². The van der Waals surface area contributed by atoms with Crippen molar-refractivity contribution in [3.63, 3.8) is 0 Å². The Kier molecular flexibility index (Phi) is 2.00. The molecule has 1 aliphatic rings. The Morgan fingerprint density at radius 2 is 2.31 bits per heavy atom. The first kappa shape index (κ1) is 8.23. The number of carbonyl (C=O) groups is 1. The van der Waals surface area contributed by atoms with Crippen molar-refractivity contribution in [1.82, 2.24) is 4.98 Å². The normalized spacial score (nSPS) is 16.6. The van der Waals surface area contributed by atoms with Gasteiger partial charge in [0.1, 0.15) is 0 Å². The summed E-state index contributed by atoms with van der Waals surface area (Å²) in [7, 11) is 0. The van der Waals surface area contributed by atoms with E-state index in [9.17, 15) is 4.79 Å². The monoisotopic (exact) mass is 177 g/mol. The number of rotatable bonds is 2. The van der Waals surface area contributed by atoms with Crippen LogP contribution in [0.5, 0.6) is 5.88 Å². The smallest absolute Gasteiger partial charge is 0.221 e. The SMILES string of the molecule is O=Cc1cc(C2CCC2)cnc1O. The fourth-order valence-electron chi connectivity index (χ4n) is 1.54. The standard InChI is InChI=1S/C10H11NO2/c12-6-9-4-8(5-11-10(9)13)7-2-1-3-7/h4-7H,1-3H2,(H,11,13). The van der Waals surface area contributed by atoms with Gasteiger partial charge in [0.25, 0.3) is 0 Å². The lowest BCUT2D eigenvalue weighted by Crippen LogP contribution is -2.09. The first-order valence-corrected chi connectivity index (χ1v) is 4.45. The van der Waals surface area contributed by atoms with Gasteiger partial charge in [-0.05, 0) is 30.4 Å². The predicted molar refractivity (Wildman–Crippen MR) is 47.9 cm³/mol. The quantitative estimate of drug-likeness (QED) is 0.701. The number of aromatic nitrogens is 1. The van der Waals surface area contributed by atoms with Crippen molar-refractivity contribution in [2.45, 2.75) is 25.2 Å². The molecule has 2 rings (SSSR count). The highest BCUT2D eigenvalue weighted by atomic mass is 16.3. The van der Waals surface area contributed by atoms with Crippen LogP contribution in [0.1, 0.15) is 41.1 Å². The van der Waals surface area contributed by atoms with Gasteiger partial charge in [0.15, 0.2) is 6.29 Å². The summed E-state index contributed by atoms with van der Waals surface area (Å²) in [5.74, 6) is 0.380. The molecule has 1 heterocycles. The molecule has 0 bridgehead atoms. The van der Waals surface area contributed by atoms with Gasteiger partial charge in [-0.25, -0.2) is 4.98 Å². The van der Waals surface area contributed by atoms with Crippen LogP contribution in [0, 0.1) is 0 Å². The summed E-state index contributed by atoms with van der Waals surface area (Å²) in [6.45, 7) is 0. The maximum atomic E-state index is 10.5. The van der Waals surface area contributed by atoms with Gasteiger partial charge < -0.3 is 5.11 Å². The van der Waals surface area contributed by atoms with Crippen LogP contribution in [-0.2, 0) is 0 Å². The molecule has 1 aliphatic carbocycles. The highest BCUT2D eigenvalue weighted by molar-refractivity contribution is 5.78. The zero-order valence-corrected chi connectivity index (χ0v) is 7.23. The molecule has 1 saturated carbocycles. The average molecular weight is 177 g/mol. The molecule has 0 spiro atoms. The Balaban J connectivity index is 2.31. The maximum Gasteiger partial charge on any atom is 0.221 e. The lowest BCUT2D eigenvalue weighted by molar-refractivity contribution is 0.112. The summed E-state index contributed by atoms with van der Waals surface area (Å²) in [4.78, 5) is 14.3. The van der Waals surface area contributed by atoms with E-state index in [-0.39, 0.29) is 5.88 Å². The van der Waals surface area contributed by atoms with Gasteiger partial charge in [0.05, 0.1) is 5.56 Å². The van der Waals surface area contributed by atoms with Crippen molar-refractivity contribution >= 4 is 6.29 Å². The minimum absolute atomic E-state index is 0.168. The van der Waals surface area contributed by atoms with Crippen LogP contribution in [0.4, 0.5) is 0 Å². The van der Waals surface area contributed by atoms with Gasteiger partial charge in [0, 0.05) is 6.20 Å². The minimum atomic E-state index is -0.168. The highest BCUT2D eigenvalue weighted by Crippen LogP contribution is 2.36. The molecule has 0 aliphatic heterocycles. The zero-order valence-electron chi connectivity index (χ0n) is 7.23. The summed E-state index contributed by atoms with van der Waals surface area (Å²) in [5, 5.41) is 9.17. The molecule has 3 heteroatoms. The summed E-state index contributed by atoms with van der Waals surface area (Å²) < 4.78 is 0. The summed E-state index contributed by atoms with van der Waals surface area (Å²) >= 11 is 0. The Morgan fingerprint density at radius 1 is 1.54 bits per heavy atom. The number of aldehydes is 1. The molecule has 68 valence electrons. The second kappa shape index (κ2) is 3.17. The molecule has 0 amide bonds. The molecule has 3 nitrogen and oxygen atoms in total. The third kappa shape index (κ3) is 1.41. The first-order chi connectivity index (χ1) is 6.31. The third-order valence-electron chi connectivity index (χ3n) is 2.62. The van der Waals surface area contributed by atoms with Crippen molar-refractivity contribution in [2.75, 3.05) is 0 Å². The Bertz CT molecular complexity index is 332. The molecular formula is C10H11NO2. The van der Waals surface area contributed by atoms with Gasteiger partial charge in [-0.1, -0.05) is 6.42 Å². The van der Waals surface area contributed by atoms with Crippen molar-refractivity contribution in [3.05, 3.63) is 23.4 Å². The van der Waals surface area contributed by atoms with Crippen molar-refractivity contribution in [3.8, 4) is 5.88 Å². The maximum absolute atomic E-state index is 10.5. The van der Waals surface area contributed by atoms with Crippen LogP contribution in [0.2, 0.25) is 0 Å². The van der Waals surface area contributed by atoms with E-state index in [0.717, 1.165) is 5.56 Å². The van der Waals surface area contributed by atoms with Gasteiger partial charge in [-0.3, -0.25) is 4.79 Å². The Morgan fingerprint density at radius 3 is 2.85 bits per heavy atom. The van der Waals surface area contributed by atoms with Crippen LogP contribution >= 0.6 is 0 Å². The first-order valence-electron chi connectivity index (χ1n) is 4.45. The number of carbonyl (C=O) groups excluding carboxylic acids is 1. The number of hydrogen-bond acceptors (Lipinski definition) is 3. The van der Waals surface area contributed by atoms with Crippen molar-refractivity contribution in [1.29, 1.82) is 0 Å². The molecule has 0 unspecified atom stereocenters. The number of hydrogen-bond donors (Lipinski definition) is 1. The van der Waals surface area contributed by atoms with Crippen LogP contribution in [0.3, 0.4) is 0 Å². The lowest BCUT2D eigenvalue weighted by atomic mass is 9.80. The summed E-state index contributed by atoms with van der Waals surface area (Å²) in [6, 6.07) is 1.74. The molecule has 1 aromatic heterocycles. The molecule has 0 aromatic carbocycles. The Hall–Kier alpha value is -1.38. The largest absolute Gasteiger partial charge is 0.493 e. The van der Waals surface area contributed by atoms with E-state index in [4.69, 9.17) is 5.11 Å². The van der Waals surface area contributed by atoms with E-state index in [1.54, 1.807) is 12.3 Å². The molecule has 0 atom stereocenters. The van der Waals surface area contributed by atoms with Crippen LogP contribution in [0.25, 0.3) is 0 Å². The molecule has 1 aromatic rings. The highest BCUT2D eigenvalue weighted by Gasteiger charge is 2.20. The molecule has 13 heavy (non-hydrogen) atoms. The van der Waals surface area contributed by atoms with E-state index >= 15 is 0 Å². The minimum Gasteiger partial charge on any atom is -0.493 e. The van der Waals surface area contributed by atoms with Gasteiger partial charge in [-0.2, -0.15) is 0 Å². The van der Waals surface area contributed by atoms with Crippen molar-refractivity contribution in [2.24, 2.45) is 0 Å². The van der Waals surface area contributed by atoms with Crippen LogP contribution < -0.4 is 0 Å². The molecule has 0 saturated heterocycles. The molecule has 0 radical (unpaired) electrons. The predicted octanol–water partition coefficient (Wildman–Crippen LogP) is 1.87. The number of pyridine rings is 1. The Labute approximate surface area is 76.4 Å². The van der Waals surface area contributed by atoms with Crippen LogP contribution in [-0.4, -0.2) is 16.4 Å². The van der Waals surface area contributed by atoms with Gasteiger partial charge in [0.2, 0.25) is 5.88 Å². The van der Waals surface area contributed by atoms with E-state index in [2.05, 4.69) is 4.98 Å². The van der Waals surface area contributed by atoms with E-state index in [1.165, 1.54) is 19.3 Å². The molecular weight excluding hydrogens is 166 g/mol. The third-order valence-corrected chi connectivity index (χ3v) is 2.62. The second-order valence-electron chi connectivity index (χ2n) is 3.43. The van der Waals surface area contributed by atoms with Gasteiger partial charge in [-0.15, -0.1) is 0 Å². The fraction of sp³-hybridized carbons (Fsp3) is 0.400. The molecule has 1 fully saturated rings. The summed E-state index contributed by atoms with van der Waals surface area (Å²) in [6.07, 6.45) is 5.90. The van der Waals surface area contributed by atoms with Gasteiger partial charge >= 0.3 is 0 Å². The number of aromatic hydroxyl groups is 1.